The summed E-state index contributed by atoms with van der Waals surface area (Å²) < 4.78 is 8.09. The fraction of sp³-hybridized carbons (Fsp3) is 0.0417. The van der Waals surface area contributed by atoms with Crippen molar-refractivity contribution in [1.82, 2.24) is 0 Å². The summed E-state index contributed by atoms with van der Waals surface area (Å²) >= 11 is 12.5. The highest BCUT2D eigenvalue weighted by molar-refractivity contribution is 14.1. The Bertz CT molecular complexity index is 1260. The van der Waals surface area contributed by atoms with Gasteiger partial charge in [-0.2, -0.15) is 0 Å². The summed E-state index contributed by atoms with van der Waals surface area (Å²) in [5, 5.41) is 9.01. The molecule has 9 heteroatoms. The van der Waals surface area contributed by atoms with Gasteiger partial charge in [-0.15, -0.1) is 0 Å². The topological polar surface area (TPSA) is 66.8 Å². The highest BCUT2D eigenvalue weighted by Gasteiger charge is 2.33. The predicted molar refractivity (Wildman–Crippen MR) is 147 cm³/mol. The van der Waals surface area contributed by atoms with Crippen molar-refractivity contribution < 1.29 is 19.4 Å². The number of hydrogen-bond donors (Lipinski definition) is 1. The molecule has 1 amide bonds. The molecule has 166 valence electrons. The van der Waals surface area contributed by atoms with Crippen molar-refractivity contribution in [2.45, 2.75) is 6.61 Å². The van der Waals surface area contributed by atoms with Gasteiger partial charge >= 0.3 is 5.97 Å². The molecule has 0 aliphatic carbocycles. The number of ether oxygens (including phenoxy) is 1. The molecule has 1 aliphatic heterocycles. The maximum absolute atomic E-state index is 13.0. The van der Waals surface area contributed by atoms with E-state index in [4.69, 9.17) is 22.1 Å². The van der Waals surface area contributed by atoms with E-state index in [-0.39, 0.29) is 11.5 Å². The van der Waals surface area contributed by atoms with Crippen molar-refractivity contribution in [3.63, 3.8) is 0 Å². The second kappa shape index (κ2) is 10.4. The van der Waals surface area contributed by atoms with Gasteiger partial charge in [-0.05, 0) is 92.1 Å². The average Bonchev–Trinajstić information content (AvgIpc) is 3.06. The van der Waals surface area contributed by atoms with Crippen LogP contribution in [0.3, 0.4) is 0 Å². The Balaban J connectivity index is 1.51. The van der Waals surface area contributed by atoms with Crippen LogP contribution in [0.25, 0.3) is 6.08 Å². The molecule has 3 aromatic carbocycles. The molecule has 0 spiro atoms. The van der Waals surface area contributed by atoms with Crippen LogP contribution in [0.4, 0.5) is 5.69 Å². The number of carbonyl (C=O) groups excluding carboxylic acids is 1. The second-order valence-electron chi connectivity index (χ2n) is 6.96. The standard InChI is InChI=1S/C24H15BrINO4S2/c25-18-10-15(12-20-22(28)27(24(32)33-20)17-4-2-1-3-5-17)11-19(26)21(18)31-13-14-6-8-16(9-7-14)23(29)30/h1-12H,13H2,(H,29,30)/b20-12+. The smallest absolute Gasteiger partial charge is 0.335 e. The first kappa shape index (κ1) is 23.9. The summed E-state index contributed by atoms with van der Waals surface area (Å²) in [7, 11) is 0. The monoisotopic (exact) mass is 651 g/mol. The number of thiocarbonyl (C=S) groups is 1. The second-order valence-corrected chi connectivity index (χ2v) is 10.6. The van der Waals surface area contributed by atoms with Gasteiger partial charge in [0.2, 0.25) is 0 Å². The normalized spacial score (nSPS) is 14.7. The fourth-order valence-corrected chi connectivity index (χ4v) is 6.19. The molecule has 0 atom stereocenters. The van der Waals surface area contributed by atoms with Crippen LogP contribution >= 0.6 is 62.5 Å². The van der Waals surface area contributed by atoms with Crippen molar-refractivity contribution in [3.8, 4) is 5.75 Å². The Kier molecular flexibility index (Phi) is 7.52. The van der Waals surface area contributed by atoms with Gasteiger partial charge in [0.25, 0.3) is 5.91 Å². The molecule has 1 N–H and O–H groups in total. The lowest BCUT2D eigenvalue weighted by molar-refractivity contribution is -0.113. The molecule has 1 heterocycles. The third-order valence-corrected chi connectivity index (χ3v) is 7.40. The van der Waals surface area contributed by atoms with E-state index in [1.807, 2.05) is 48.5 Å². The summed E-state index contributed by atoms with van der Waals surface area (Å²) in [5.74, 6) is -0.435. The number of amides is 1. The molecule has 0 unspecified atom stereocenters. The SMILES string of the molecule is O=C(O)c1ccc(COc2c(Br)cc(/C=C3/SC(=S)N(c4ccccc4)C3=O)cc2I)cc1. The van der Waals surface area contributed by atoms with Crippen molar-refractivity contribution >= 4 is 90.5 Å². The van der Waals surface area contributed by atoms with Gasteiger partial charge in [-0.3, -0.25) is 9.69 Å². The maximum Gasteiger partial charge on any atom is 0.335 e. The van der Waals surface area contributed by atoms with E-state index in [0.29, 0.717) is 21.6 Å². The van der Waals surface area contributed by atoms with Crippen molar-refractivity contribution in [3.05, 3.63) is 96.4 Å². The van der Waals surface area contributed by atoms with E-state index < -0.39 is 5.97 Å². The van der Waals surface area contributed by atoms with Gasteiger partial charge in [0.15, 0.2) is 4.32 Å². The molecule has 3 aromatic rings. The lowest BCUT2D eigenvalue weighted by atomic mass is 10.1. The van der Waals surface area contributed by atoms with E-state index in [2.05, 4.69) is 38.5 Å². The summed E-state index contributed by atoms with van der Waals surface area (Å²) in [4.78, 5) is 26.0. The van der Waals surface area contributed by atoms with Crippen LogP contribution in [0.1, 0.15) is 21.5 Å². The molecule has 1 fully saturated rings. The number of aromatic carboxylic acids is 1. The molecular formula is C24H15BrINO4S2. The third-order valence-electron chi connectivity index (χ3n) is 4.71. The quantitative estimate of drug-likeness (QED) is 0.181. The lowest BCUT2D eigenvalue weighted by Crippen LogP contribution is -2.27. The van der Waals surface area contributed by atoms with Crippen LogP contribution < -0.4 is 9.64 Å². The first-order valence-electron chi connectivity index (χ1n) is 9.60. The van der Waals surface area contributed by atoms with E-state index in [0.717, 1.165) is 24.9 Å². The summed E-state index contributed by atoms with van der Waals surface area (Å²) in [6.45, 7) is 0.295. The minimum Gasteiger partial charge on any atom is -0.487 e. The highest BCUT2D eigenvalue weighted by atomic mass is 127. The van der Waals surface area contributed by atoms with Crippen LogP contribution in [-0.4, -0.2) is 21.3 Å². The fourth-order valence-electron chi connectivity index (χ4n) is 3.12. The minimum atomic E-state index is -0.962. The average molecular weight is 652 g/mol. The number of anilines is 1. The number of benzene rings is 3. The number of carboxylic acids is 1. The molecule has 0 saturated carbocycles. The van der Waals surface area contributed by atoms with E-state index in [1.165, 1.54) is 11.8 Å². The van der Waals surface area contributed by atoms with Gasteiger partial charge in [-0.1, -0.05) is 54.3 Å². The number of carbonyl (C=O) groups is 2. The van der Waals surface area contributed by atoms with Gasteiger partial charge in [-0.25, -0.2) is 4.79 Å². The van der Waals surface area contributed by atoms with Crippen molar-refractivity contribution in [2.75, 3.05) is 4.90 Å². The first-order valence-corrected chi connectivity index (χ1v) is 12.7. The number of hydrogen-bond acceptors (Lipinski definition) is 5. The van der Waals surface area contributed by atoms with Crippen LogP contribution in [0.15, 0.2) is 76.1 Å². The van der Waals surface area contributed by atoms with Gasteiger partial charge in [0.05, 0.1) is 24.2 Å². The van der Waals surface area contributed by atoms with Gasteiger partial charge < -0.3 is 9.84 Å². The zero-order valence-electron chi connectivity index (χ0n) is 16.8. The summed E-state index contributed by atoms with van der Waals surface area (Å²) in [6, 6.07) is 19.7. The Morgan fingerprint density at radius 2 is 1.85 bits per heavy atom. The Morgan fingerprint density at radius 1 is 1.15 bits per heavy atom. The zero-order chi connectivity index (χ0) is 23.5. The summed E-state index contributed by atoms with van der Waals surface area (Å²) in [5.41, 5.74) is 2.69. The first-order chi connectivity index (χ1) is 15.8. The third kappa shape index (κ3) is 5.48. The lowest BCUT2D eigenvalue weighted by Gasteiger charge is -2.14. The number of nitrogens with zero attached hydrogens (tertiary/aromatic N) is 1. The van der Waals surface area contributed by atoms with E-state index in [9.17, 15) is 9.59 Å². The molecule has 5 nitrogen and oxygen atoms in total. The van der Waals surface area contributed by atoms with Crippen molar-refractivity contribution in [2.24, 2.45) is 0 Å². The number of thioether (sulfide) groups is 1. The number of rotatable bonds is 6. The number of para-hydroxylation sites is 1. The van der Waals surface area contributed by atoms with Gasteiger partial charge in [0, 0.05) is 0 Å². The van der Waals surface area contributed by atoms with Crippen LogP contribution in [0.5, 0.6) is 5.75 Å². The van der Waals surface area contributed by atoms with Crippen LogP contribution in [-0.2, 0) is 11.4 Å². The molecular weight excluding hydrogens is 637 g/mol. The van der Waals surface area contributed by atoms with Crippen LogP contribution in [0.2, 0.25) is 0 Å². The molecule has 4 rings (SSSR count). The molecule has 1 saturated heterocycles. The number of halogens is 2. The molecule has 0 radical (unpaired) electrons. The Hall–Kier alpha value is -2.21. The predicted octanol–water partition coefficient (Wildman–Crippen LogP) is 6.74. The van der Waals surface area contributed by atoms with E-state index in [1.54, 1.807) is 29.2 Å². The molecule has 0 aromatic heterocycles. The minimum absolute atomic E-state index is 0.146. The Morgan fingerprint density at radius 3 is 2.48 bits per heavy atom. The summed E-state index contributed by atoms with van der Waals surface area (Å²) in [6.07, 6.45) is 1.82. The Labute approximate surface area is 222 Å². The zero-order valence-corrected chi connectivity index (χ0v) is 22.2. The molecule has 0 bridgehead atoms. The molecule has 1 aliphatic rings. The van der Waals surface area contributed by atoms with Gasteiger partial charge in [0.1, 0.15) is 12.4 Å². The van der Waals surface area contributed by atoms with Crippen LogP contribution in [0, 0.1) is 3.57 Å². The van der Waals surface area contributed by atoms with E-state index >= 15 is 0 Å². The van der Waals surface area contributed by atoms with Crippen molar-refractivity contribution in [1.29, 1.82) is 0 Å². The highest BCUT2D eigenvalue weighted by Crippen LogP contribution is 2.38. The molecule has 33 heavy (non-hydrogen) atoms. The largest absolute Gasteiger partial charge is 0.487 e. The number of carboxylic acid groups (broad SMARTS) is 1. The maximum atomic E-state index is 13.0.